The van der Waals surface area contributed by atoms with Gasteiger partial charge in [-0.1, -0.05) is 71.9 Å². The fraction of sp³-hybridized carbons (Fsp3) is 0.364. The van der Waals surface area contributed by atoms with Crippen molar-refractivity contribution in [1.29, 1.82) is 0 Å². The Kier molecular flexibility index (Phi) is 11.5. The molecule has 0 radical (unpaired) electrons. The van der Waals surface area contributed by atoms with Gasteiger partial charge in [-0.05, 0) is 58.9 Å². The van der Waals surface area contributed by atoms with Crippen LogP contribution in [-0.4, -0.2) is 24.6 Å². The van der Waals surface area contributed by atoms with Gasteiger partial charge in [0.2, 0.25) is 0 Å². The summed E-state index contributed by atoms with van der Waals surface area (Å²) in [5, 5.41) is 5.89. The van der Waals surface area contributed by atoms with E-state index < -0.39 is 0 Å². The second-order valence-corrected chi connectivity index (χ2v) is 8.87. The van der Waals surface area contributed by atoms with Crippen LogP contribution >= 0.6 is 0 Å². The van der Waals surface area contributed by atoms with Crippen molar-refractivity contribution < 1.29 is 0 Å². The molecule has 39 heavy (non-hydrogen) atoms. The molecule has 3 heterocycles. The highest BCUT2D eigenvalue weighted by Crippen LogP contribution is 2.36. The van der Waals surface area contributed by atoms with Crippen molar-refractivity contribution >= 4 is 16.7 Å². The fourth-order valence-corrected chi connectivity index (χ4v) is 4.75. The predicted octanol–water partition coefficient (Wildman–Crippen LogP) is 8.82. The lowest BCUT2D eigenvalue weighted by molar-refractivity contribution is 0.252. The Morgan fingerprint density at radius 3 is 1.85 bits per heavy atom. The summed E-state index contributed by atoms with van der Waals surface area (Å²) in [4.78, 5) is 13.6. The van der Waals surface area contributed by atoms with E-state index in [9.17, 15) is 0 Å². The average molecular weight is 527 g/mol. The Morgan fingerprint density at radius 2 is 1.23 bits per heavy atom. The molecule has 2 aromatic heterocycles. The molecule has 0 N–H and O–H groups in total. The molecule has 1 aliphatic rings. The van der Waals surface area contributed by atoms with Crippen molar-refractivity contribution in [2.45, 2.75) is 81.7 Å². The SMILES string of the molecule is CC.CC.CC.Cc1nc(N2C=CN(C(C)(C)c3c(C)nn(-c4ccccc4)c3C)C=C2)c2ccccc2n1. The van der Waals surface area contributed by atoms with Gasteiger partial charge in [0.05, 0.1) is 22.4 Å². The molecule has 0 bridgehead atoms. The van der Waals surface area contributed by atoms with E-state index in [2.05, 4.69) is 85.5 Å². The summed E-state index contributed by atoms with van der Waals surface area (Å²) in [6.07, 6.45) is 8.32. The third-order valence-electron chi connectivity index (χ3n) is 6.26. The highest BCUT2D eigenvalue weighted by Gasteiger charge is 2.33. The normalized spacial score (nSPS) is 12.2. The van der Waals surface area contributed by atoms with E-state index >= 15 is 0 Å². The number of anilines is 1. The summed E-state index contributed by atoms with van der Waals surface area (Å²) in [6.45, 7) is 22.6. The third-order valence-corrected chi connectivity index (χ3v) is 6.26. The number of para-hydroxylation sites is 2. The summed E-state index contributed by atoms with van der Waals surface area (Å²) < 4.78 is 2.03. The minimum Gasteiger partial charge on any atom is -0.342 e. The Balaban J connectivity index is 0.000000833. The number of aryl methyl sites for hydroxylation is 2. The average Bonchev–Trinajstić information content (AvgIpc) is 3.30. The first-order valence-corrected chi connectivity index (χ1v) is 14.1. The van der Waals surface area contributed by atoms with Gasteiger partial charge < -0.3 is 9.80 Å². The smallest absolute Gasteiger partial charge is 0.148 e. The van der Waals surface area contributed by atoms with Gasteiger partial charge in [-0.15, -0.1) is 0 Å². The minimum atomic E-state index is -0.288. The van der Waals surface area contributed by atoms with Gasteiger partial charge in [0.25, 0.3) is 0 Å². The molecule has 0 aliphatic carbocycles. The van der Waals surface area contributed by atoms with Gasteiger partial charge in [-0.25, -0.2) is 14.6 Å². The lowest BCUT2D eigenvalue weighted by Gasteiger charge is -2.38. The number of hydrogen-bond donors (Lipinski definition) is 0. The van der Waals surface area contributed by atoms with Gasteiger partial charge in [0.15, 0.2) is 0 Å². The summed E-state index contributed by atoms with van der Waals surface area (Å²) in [5.41, 5.74) is 5.13. The van der Waals surface area contributed by atoms with Crippen molar-refractivity contribution in [3.63, 3.8) is 0 Å². The molecule has 2 aromatic carbocycles. The maximum Gasteiger partial charge on any atom is 0.148 e. The van der Waals surface area contributed by atoms with E-state index in [1.54, 1.807) is 0 Å². The van der Waals surface area contributed by atoms with Crippen molar-refractivity contribution in [1.82, 2.24) is 24.6 Å². The van der Waals surface area contributed by atoms with Crippen molar-refractivity contribution in [2.24, 2.45) is 0 Å². The van der Waals surface area contributed by atoms with Crippen molar-refractivity contribution in [3.05, 3.63) is 102 Å². The molecule has 0 saturated heterocycles. The van der Waals surface area contributed by atoms with Gasteiger partial charge in [-0.3, -0.25) is 0 Å². The first-order valence-electron chi connectivity index (χ1n) is 14.1. The van der Waals surface area contributed by atoms with Crippen LogP contribution in [0.5, 0.6) is 0 Å². The summed E-state index contributed by atoms with van der Waals surface area (Å²) in [7, 11) is 0. The van der Waals surface area contributed by atoms with Crippen molar-refractivity contribution in [3.8, 4) is 5.69 Å². The van der Waals surface area contributed by atoms with Crippen LogP contribution in [0.4, 0.5) is 5.82 Å². The van der Waals surface area contributed by atoms with Crippen molar-refractivity contribution in [2.75, 3.05) is 4.90 Å². The molecule has 6 nitrogen and oxygen atoms in total. The van der Waals surface area contributed by atoms with Crippen LogP contribution in [0.15, 0.2) is 79.4 Å². The zero-order valence-corrected chi connectivity index (χ0v) is 25.7. The van der Waals surface area contributed by atoms with Gasteiger partial charge in [0.1, 0.15) is 11.6 Å². The number of nitrogens with zero attached hydrogens (tertiary/aromatic N) is 6. The predicted molar refractivity (Wildman–Crippen MR) is 167 cm³/mol. The van der Waals surface area contributed by atoms with Crippen LogP contribution < -0.4 is 4.90 Å². The second kappa shape index (κ2) is 14.3. The quantitative estimate of drug-likeness (QED) is 0.266. The first-order chi connectivity index (χ1) is 18.9. The summed E-state index contributed by atoms with van der Waals surface area (Å²) >= 11 is 0. The first kappa shape index (κ1) is 31.3. The number of aromatic nitrogens is 4. The molecule has 0 fully saturated rings. The number of rotatable bonds is 4. The molecule has 6 heteroatoms. The van der Waals surface area contributed by atoms with E-state index in [-0.39, 0.29) is 5.54 Å². The maximum atomic E-state index is 4.86. The molecule has 4 aromatic rings. The Hall–Kier alpha value is -3.93. The summed E-state index contributed by atoms with van der Waals surface area (Å²) in [6, 6.07) is 18.4. The van der Waals surface area contributed by atoms with Crippen LogP contribution in [0.1, 0.15) is 78.2 Å². The molecule has 208 valence electrons. The van der Waals surface area contributed by atoms with Gasteiger partial charge in [0, 0.05) is 41.4 Å². The maximum absolute atomic E-state index is 4.86. The van der Waals surface area contributed by atoms with E-state index in [1.165, 1.54) is 5.56 Å². The monoisotopic (exact) mass is 526 g/mol. The molecule has 5 rings (SSSR count). The van der Waals surface area contributed by atoms with Crippen LogP contribution in [0.3, 0.4) is 0 Å². The molecular formula is C33H46N6. The standard InChI is InChI=1S/C27H28N6.3C2H6/c1-19-25(20(2)33(30-19)22-11-7-6-8-12-22)27(4,5)32-17-15-31(16-18-32)26-23-13-9-10-14-24(23)28-21(3)29-26;3*1-2/h6-18H,1-5H3;3*1-2H3. The Labute approximate surface area is 235 Å². The molecule has 0 atom stereocenters. The van der Waals surface area contributed by atoms with E-state index in [0.29, 0.717) is 0 Å². The Bertz CT molecular complexity index is 1370. The molecule has 0 unspecified atom stereocenters. The molecule has 0 spiro atoms. The Morgan fingerprint density at radius 1 is 0.667 bits per heavy atom. The third kappa shape index (κ3) is 6.56. The largest absolute Gasteiger partial charge is 0.342 e. The molecular weight excluding hydrogens is 480 g/mol. The van der Waals surface area contributed by atoms with Crippen LogP contribution in [0.25, 0.3) is 16.6 Å². The molecule has 1 aliphatic heterocycles. The van der Waals surface area contributed by atoms with Crippen LogP contribution in [-0.2, 0) is 5.54 Å². The van der Waals surface area contributed by atoms with E-state index in [1.807, 2.05) is 89.5 Å². The molecule has 0 saturated carbocycles. The van der Waals surface area contributed by atoms with Crippen LogP contribution in [0, 0.1) is 20.8 Å². The van der Waals surface area contributed by atoms with Gasteiger partial charge in [-0.2, -0.15) is 5.10 Å². The zero-order chi connectivity index (χ0) is 29.2. The fourth-order valence-electron chi connectivity index (χ4n) is 4.75. The highest BCUT2D eigenvalue weighted by atomic mass is 15.3. The number of fused-ring (bicyclic) bond motifs is 1. The second-order valence-electron chi connectivity index (χ2n) is 8.87. The highest BCUT2D eigenvalue weighted by molar-refractivity contribution is 5.90. The number of hydrogen-bond acceptors (Lipinski definition) is 5. The topological polar surface area (TPSA) is 50.1 Å². The molecule has 0 amide bonds. The van der Waals surface area contributed by atoms with Gasteiger partial charge >= 0.3 is 0 Å². The summed E-state index contributed by atoms with van der Waals surface area (Å²) in [5.74, 6) is 1.64. The zero-order valence-electron chi connectivity index (χ0n) is 25.7. The lowest BCUT2D eigenvalue weighted by atomic mass is 9.90. The van der Waals surface area contributed by atoms with E-state index in [0.717, 1.165) is 39.6 Å². The lowest BCUT2D eigenvalue weighted by Crippen LogP contribution is -2.37. The van der Waals surface area contributed by atoms with E-state index in [4.69, 9.17) is 10.1 Å². The number of benzene rings is 2. The van der Waals surface area contributed by atoms with Crippen LogP contribution in [0.2, 0.25) is 0 Å². The minimum absolute atomic E-state index is 0.288.